The first-order valence-electron chi connectivity index (χ1n) is 10.6. The zero-order chi connectivity index (χ0) is 25.3. The molecule has 0 saturated carbocycles. The lowest BCUT2D eigenvalue weighted by atomic mass is 10.2. The van der Waals surface area contributed by atoms with E-state index in [0.29, 0.717) is 33.3 Å². The van der Waals surface area contributed by atoms with Crippen LogP contribution in [0, 0.1) is 6.92 Å². The van der Waals surface area contributed by atoms with Crippen molar-refractivity contribution in [2.45, 2.75) is 11.8 Å². The third kappa shape index (κ3) is 4.60. The molecule has 0 unspecified atom stereocenters. The third-order valence-electron chi connectivity index (χ3n) is 5.69. The number of nitrogens with one attached hydrogen (secondary N) is 1. The van der Waals surface area contributed by atoms with Crippen molar-refractivity contribution in [1.29, 1.82) is 0 Å². The molecule has 10 heteroatoms. The number of rotatable bonds is 6. The molecule has 4 aromatic rings. The molecule has 180 valence electrons. The van der Waals surface area contributed by atoms with Gasteiger partial charge in [-0.15, -0.1) is 0 Å². The number of hydrogen-bond donors (Lipinski definition) is 1. The van der Waals surface area contributed by atoms with Crippen molar-refractivity contribution in [2.75, 3.05) is 16.7 Å². The fourth-order valence-electron chi connectivity index (χ4n) is 3.68. The highest BCUT2D eigenvalue weighted by atomic mass is 35.5. The van der Waals surface area contributed by atoms with Crippen LogP contribution in [0.5, 0.6) is 0 Å². The van der Waals surface area contributed by atoms with E-state index in [2.05, 4.69) is 5.32 Å². The lowest BCUT2D eigenvalue weighted by Crippen LogP contribution is -2.26. The van der Waals surface area contributed by atoms with Crippen LogP contribution in [0.2, 0.25) is 5.02 Å². The second-order valence-electron chi connectivity index (χ2n) is 7.88. The second kappa shape index (κ2) is 9.44. The molecule has 1 amide bonds. The Balaban J connectivity index is 1.57. The molecule has 8 nitrogen and oxygen atoms in total. The number of aromatic nitrogens is 2. The summed E-state index contributed by atoms with van der Waals surface area (Å²) in [6, 6.07) is 21.2. The van der Waals surface area contributed by atoms with Gasteiger partial charge in [0.25, 0.3) is 21.5 Å². The van der Waals surface area contributed by atoms with Crippen LogP contribution in [0.25, 0.3) is 5.69 Å². The first-order valence-corrected chi connectivity index (χ1v) is 12.4. The van der Waals surface area contributed by atoms with E-state index in [1.807, 2.05) is 18.2 Å². The van der Waals surface area contributed by atoms with Crippen LogP contribution in [0.3, 0.4) is 0 Å². The summed E-state index contributed by atoms with van der Waals surface area (Å²) in [7, 11) is -0.671. The summed E-state index contributed by atoms with van der Waals surface area (Å²) >= 11 is 5.86. The van der Waals surface area contributed by atoms with E-state index in [-0.39, 0.29) is 10.5 Å². The first kappa shape index (κ1) is 24.3. The van der Waals surface area contributed by atoms with Crippen LogP contribution in [-0.2, 0) is 17.1 Å². The minimum Gasteiger partial charge on any atom is -0.306 e. The Morgan fingerprint density at radius 1 is 0.943 bits per heavy atom. The van der Waals surface area contributed by atoms with Gasteiger partial charge >= 0.3 is 0 Å². The summed E-state index contributed by atoms with van der Waals surface area (Å²) in [5.41, 5.74) is 1.53. The van der Waals surface area contributed by atoms with Gasteiger partial charge in [0.1, 0.15) is 5.82 Å². The van der Waals surface area contributed by atoms with Gasteiger partial charge in [-0.3, -0.25) is 18.6 Å². The number of para-hydroxylation sites is 1. The summed E-state index contributed by atoms with van der Waals surface area (Å²) in [6.07, 6.45) is 0. The molecule has 0 spiro atoms. The topological polar surface area (TPSA) is 93.4 Å². The number of amides is 1. The summed E-state index contributed by atoms with van der Waals surface area (Å²) in [6.45, 7) is 1.65. The monoisotopic (exact) mass is 510 g/mol. The molecule has 4 rings (SSSR count). The number of carbonyl (C=O) groups excluding carboxylic acids is 1. The number of carbonyl (C=O) groups is 1. The third-order valence-corrected chi connectivity index (χ3v) is 7.74. The second-order valence-corrected chi connectivity index (χ2v) is 10.3. The molecule has 1 aromatic heterocycles. The Hall–Kier alpha value is -3.82. The van der Waals surface area contributed by atoms with E-state index in [1.54, 1.807) is 42.9 Å². The zero-order valence-corrected chi connectivity index (χ0v) is 20.8. The van der Waals surface area contributed by atoms with Crippen LogP contribution in [0.4, 0.5) is 11.5 Å². The quantitative estimate of drug-likeness (QED) is 0.420. The van der Waals surface area contributed by atoms with Gasteiger partial charge < -0.3 is 5.32 Å². The van der Waals surface area contributed by atoms with E-state index in [4.69, 9.17) is 11.6 Å². The molecule has 3 aromatic carbocycles. The van der Waals surface area contributed by atoms with Gasteiger partial charge in [0.05, 0.1) is 21.8 Å². The molecular weight excluding hydrogens is 488 g/mol. The van der Waals surface area contributed by atoms with Crippen molar-refractivity contribution in [3.05, 3.63) is 105 Å². The Morgan fingerprint density at radius 2 is 1.54 bits per heavy atom. The summed E-state index contributed by atoms with van der Waals surface area (Å²) in [4.78, 5) is 25.8. The highest BCUT2D eigenvalue weighted by Gasteiger charge is 2.22. The summed E-state index contributed by atoms with van der Waals surface area (Å²) in [5.74, 6) is -0.0564. The van der Waals surface area contributed by atoms with Crippen molar-refractivity contribution in [3.8, 4) is 5.69 Å². The number of nitrogens with zero attached hydrogens (tertiary/aromatic N) is 3. The molecule has 0 aliphatic heterocycles. The fourth-order valence-corrected chi connectivity index (χ4v) is 5.00. The summed E-state index contributed by atoms with van der Waals surface area (Å²) < 4.78 is 30.0. The Bertz CT molecular complexity index is 1540. The highest BCUT2D eigenvalue weighted by molar-refractivity contribution is 7.92. The van der Waals surface area contributed by atoms with Crippen LogP contribution in [-0.4, -0.2) is 30.7 Å². The molecule has 0 fully saturated rings. The van der Waals surface area contributed by atoms with E-state index in [1.165, 1.54) is 48.1 Å². The Kier molecular flexibility index (Phi) is 6.56. The number of halogens is 1. The average molecular weight is 511 g/mol. The number of hydrogen-bond acceptors (Lipinski definition) is 4. The van der Waals surface area contributed by atoms with Crippen LogP contribution in [0.1, 0.15) is 15.9 Å². The fraction of sp³-hybridized carbons (Fsp3) is 0.120. The lowest BCUT2D eigenvalue weighted by Gasteiger charge is -2.20. The predicted molar refractivity (Wildman–Crippen MR) is 137 cm³/mol. The maximum atomic E-state index is 12.9. The lowest BCUT2D eigenvalue weighted by molar-refractivity contribution is 0.102. The molecule has 0 aliphatic rings. The van der Waals surface area contributed by atoms with Gasteiger partial charge in [-0.1, -0.05) is 29.8 Å². The van der Waals surface area contributed by atoms with Crippen molar-refractivity contribution in [2.24, 2.45) is 7.05 Å². The maximum absolute atomic E-state index is 12.9. The molecule has 0 saturated heterocycles. The maximum Gasteiger partial charge on any atom is 0.276 e. The number of anilines is 2. The molecule has 0 aliphatic carbocycles. The smallest absolute Gasteiger partial charge is 0.276 e. The minimum absolute atomic E-state index is 0.102. The van der Waals surface area contributed by atoms with Crippen LogP contribution < -0.4 is 15.2 Å². The number of sulfonamides is 1. The standard InChI is InChI=1S/C25H23ClN4O4S/c1-17-23(28(2)30(25(17)32)21-7-5-4-6-8-21)27-24(31)18-9-13-20(14-10-18)29(3)35(33,34)22-15-11-19(26)12-16-22/h4-16H,1-3H3,(H,27,31). The molecule has 0 atom stereocenters. The Labute approximate surface area is 208 Å². The van der Waals surface area contributed by atoms with Crippen molar-refractivity contribution in [1.82, 2.24) is 9.36 Å². The largest absolute Gasteiger partial charge is 0.306 e. The SMILES string of the molecule is Cc1c(NC(=O)c2ccc(N(C)S(=O)(=O)c3ccc(Cl)cc3)cc2)n(C)n(-c2ccccc2)c1=O. The zero-order valence-electron chi connectivity index (χ0n) is 19.3. The molecule has 1 heterocycles. The van der Waals surface area contributed by atoms with Crippen molar-refractivity contribution >= 4 is 39.0 Å². The predicted octanol–water partition coefficient (Wildman–Crippen LogP) is 4.22. The summed E-state index contributed by atoms with van der Waals surface area (Å²) in [5, 5.41) is 3.23. The van der Waals surface area contributed by atoms with Gasteiger partial charge in [-0.25, -0.2) is 13.1 Å². The van der Waals surface area contributed by atoms with Gasteiger partial charge in [0.2, 0.25) is 0 Å². The van der Waals surface area contributed by atoms with Crippen molar-refractivity contribution < 1.29 is 13.2 Å². The van der Waals surface area contributed by atoms with E-state index in [0.717, 1.165) is 4.31 Å². The highest BCUT2D eigenvalue weighted by Crippen LogP contribution is 2.24. The normalized spacial score (nSPS) is 11.3. The minimum atomic E-state index is -3.80. The molecule has 0 radical (unpaired) electrons. The Morgan fingerprint density at radius 3 is 2.14 bits per heavy atom. The van der Waals surface area contributed by atoms with Gasteiger partial charge in [0, 0.05) is 24.7 Å². The van der Waals surface area contributed by atoms with Crippen LogP contribution in [0.15, 0.2) is 88.6 Å². The van der Waals surface area contributed by atoms with Gasteiger partial charge in [-0.05, 0) is 67.6 Å². The van der Waals surface area contributed by atoms with E-state index in [9.17, 15) is 18.0 Å². The van der Waals surface area contributed by atoms with Gasteiger partial charge in [0.15, 0.2) is 0 Å². The average Bonchev–Trinajstić information content (AvgIpc) is 3.07. The molecule has 0 bridgehead atoms. The molecule has 1 N–H and O–H groups in total. The van der Waals surface area contributed by atoms with E-state index >= 15 is 0 Å². The molecule has 35 heavy (non-hydrogen) atoms. The van der Waals surface area contributed by atoms with E-state index < -0.39 is 15.9 Å². The van der Waals surface area contributed by atoms with Gasteiger partial charge in [-0.2, -0.15) is 0 Å². The van der Waals surface area contributed by atoms with Crippen LogP contribution >= 0.6 is 11.6 Å². The van der Waals surface area contributed by atoms with Crippen molar-refractivity contribution in [3.63, 3.8) is 0 Å². The number of benzene rings is 3. The molecular formula is C25H23ClN4O4S. The first-order chi connectivity index (χ1) is 16.6.